The van der Waals surface area contributed by atoms with Crippen molar-refractivity contribution in [2.75, 3.05) is 0 Å². The van der Waals surface area contributed by atoms with Gasteiger partial charge in [0.15, 0.2) is 5.84 Å². The Labute approximate surface area is 110 Å². The lowest BCUT2D eigenvalue weighted by atomic mass is 10.1. The van der Waals surface area contributed by atoms with Crippen LogP contribution >= 0.6 is 0 Å². The lowest BCUT2D eigenvalue weighted by Crippen LogP contribution is -2.15. The van der Waals surface area contributed by atoms with Gasteiger partial charge in [-0.25, -0.2) is 0 Å². The zero-order chi connectivity index (χ0) is 13.8. The molecule has 2 aromatic rings. The Balaban J connectivity index is 2.35. The molecule has 1 aromatic carbocycles. The Hall–Kier alpha value is -2.63. The van der Waals surface area contributed by atoms with Crippen molar-refractivity contribution in [2.45, 2.75) is 13.8 Å². The van der Waals surface area contributed by atoms with E-state index in [1.807, 2.05) is 32.0 Å². The van der Waals surface area contributed by atoms with Gasteiger partial charge in [-0.05, 0) is 43.2 Å². The van der Waals surface area contributed by atoms with Crippen LogP contribution in [-0.2, 0) is 0 Å². The molecule has 19 heavy (non-hydrogen) atoms. The number of oxime groups is 1. The van der Waals surface area contributed by atoms with E-state index in [0.29, 0.717) is 11.3 Å². The van der Waals surface area contributed by atoms with Gasteiger partial charge < -0.3 is 15.7 Å². The Morgan fingerprint density at radius 1 is 1.26 bits per heavy atom. The van der Waals surface area contributed by atoms with Crippen LogP contribution in [-0.4, -0.2) is 21.2 Å². The summed E-state index contributed by atoms with van der Waals surface area (Å²) in [6.07, 6.45) is 1.45. The molecule has 6 heteroatoms. The summed E-state index contributed by atoms with van der Waals surface area (Å²) in [7, 11) is 0. The number of nitrogens with zero attached hydrogens (tertiary/aromatic N) is 3. The lowest BCUT2D eigenvalue weighted by Gasteiger charge is -2.09. The fourth-order valence-corrected chi connectivity index (χ4v) is 1.53. The van der Waals surface area contributed by atoms with Crippen LogP contribution in [0, 0.1) is 13.8 Å². The molecule has 1 heterocycles. The van der Waals surface area contributed by atoms with Gasteiger partial charge in [-0.3, -0.25) is 0 Å². The minimum atomic E-state index is -0.0752. The second-order valence-electron chi connectivity index (χ2n) is 4.08. The van der Waals surface area contributed by atoms with Gasteiger partial charge in [-0.1, -0.05) is 11.2 Å². The summed E-state index contributed by atoms with van der Waals surface area (Å²) in [4.78, 5) is 0. The first-order chi connectivity index (χ1) is 9.11. The number of aryl methyl sites for hydroxylation is 2. The third-order valence-electron chi connectivity index (χ3n) is 2.76. The molecule has 1 aromatic heterocycles. The van der Waals surface area contributed by atoms with Crippen LogP contribution < -0.4 is 10.5 Å². The van der Waals surface area contributed by atoms with Gasteiger partial charge in [0.2, 0.25) is 5.88 Å². The molecular weight excluding hydrogens is 244 g/mol. The second-order valence-corrected chi connectivity index (χ2v) is 4.08. The van der Waals surface area contributed by atoms with Crippen LogP contribution in [0.25, 0.3) is 0 Å². The van der Waals surface area contributed by atoms with Crippen LogP contribution in [0.2, 0.25) is 0 Å². The number of benzene rings is 1. The van der Waals surface area contributed by atoms with E-state index in [1.165, 1.54) is 11.8 Å². The number of amidine groups is 1. The molecule has 0 aliphatic rings. The standard InChI is InChI=1S/C13H14N4O2/c1-8-3-4-10(7-9(8)2)19-13-11(12(14)17-18)5-6-15-16-13/h3-7,18H,1-2H3,(H2,14,17). The summed E-state index contributed by atoms with van der Waals surface area (Å²) >= 11 is 0. The zero-order valence-electron chi connectivity index (χ0n) is 10.7. The average Bonchev–Trinajstić information content (AvgIpc) is 2.43. The van der Waals surface area contributed by atoms with Gasteiger partial charge in [0.1, 0.15) is 5.75 Å². The highest BCUT2D eigenvalue weighted by Crippen LogP contribution is 2.24. The molecule has 6 nitrogen and oxygen atoms in total. The Bertz CT molecular complexity index is 626. The highest BCUT2D eigenvalue weighted by molar-refractivity contribution is 5.98. The highest BCUT2D eigenvalue weighted by atomic mass is 16.5. The van der Waals surface area contributed by atoms with Gasteiger partial charge in [-0.2, -0.15) is 5.10 Å². The molecule has 2 rings (SSSR count). The first-order valence-electron chi connectivity index (χ1n) is 5.66. The maximum Gasteiger partial charge on any atom is 0.250 e. The quantitative estimate of drug-likeness (QED) is 0.380. The van der Waals surface area contributed by atoms with Gasteiger partial charge >= 0.3 is 0 Å². The number of hydrogen-bond acceptors (Lipinski definition) is 5. The third kappa shape index (κ3) is 2.79. The van der Waals surface area contributed by atoms with E-state index < -0.39 is 0 Å². The van der Waals surface area contributed by atoms with Crippen molar-refractivity contribution >= 4 is 5.84 Å². The van der Waals surface area contributed by atoms with E-state index in [2.05, 4.69) is 15.4 Å². The molecule has 0 saturated heterocycles. The first kappa shape index (κ1) is 12.8. The largest absolute Gasteiger partial charge is 0.437 e. The van der Waals surface area contributed by atoms with Crippen molar-refractivity contribution in [1.82, 2.24) is 10.2 Å². The predicted octanol–water partition coefficient (Wildman–Crippen LogP) is 1.98. The van der Waals surface area contributed by atoms with E-state index in [4.69, 9.17) is 15.7 Å². The molecule has 0 aliphatic carbocycles. The summed E-state index contributed by atoms with van der Waals surface area (Å²) in [6.45, 7) is 4.01. The molecule has 0 radical (unpaired) electrons. The maximum absolute atomic E-state index is 8.72. The number of ether oxygens (including phenoxy) is 1. The number of rotatable bonds is 3. The molecule has 0 fully saturated rings. The second kappa shape index (κ2) is 5.34. The lowest BCUT2D eigenvalue weighted by molar-refractivity contribution is 0.318. The molecular formula is C13H14N4O2. The molecule has 0 spiro atoms. The van der Waals surface area contributed by atoms with Crippen molar-refractivity contribution in [3.8, 4) is 11.6 Å². The summed E-state index contributed by atoms with van der Waals surface area (Å²) in [5, 5.41) is 19.2. The molecule has 0 bridgehead atoms. The number of hydrogen-bond donors (Lipinski definition) is 2. The molecule has 98 valence electrons. The summed E-state index contributed by atoms with van der Waals surface area (Å²) in [6, 6.07) is 7.23. The number of aromatic nitrogens is 2. The van der Waals surface area contributed by atoms with Crippen LogP contribution in [0.3, 0.4) is 0 Å². The third-order valence-corrected chi connectivity index (χ3v) is 2.76. The Morgan fingerprint density at radius 3 is 2.74 bits per heavy atom. The topological polar surface area (TPSA) is 93.6 Å². The summed E-state index contributed by atoms with van der Waals surface area (Å²) in [5.74, 6) is 0.741. The van der Waals surface area contributed by atoms with Crippen LogP contribution in [0.4, 0.5) is 0 Å². The normalized spacial score (nSPS) is 11.4. The highest BCUT2D eigenvalue weighted by Gasteiger charge is 2.11. The SMILES string of the molecule is Cc1ccc(Oc2nnccc2/C(N)=N/O)cc1C. The molecule has 0 atom stereocenters. The van der Waals surface area contributed by atoms with E-state index in [-0.39, 0.29) is 11.7 Å². The van der Waals surface area contributed by atoms with Crippen LogP contribution in [0.5, 0.6) is 11.6 Å². The molecule has 0 aliphatic heterocycles. The van der Waals surface area contributed by atoms with Gasteiger partial charge in [0.05, 0.1) is 11.8 Å². The van der Waals surface area contributed by atoms with E-state index >= 15 is 0 Å². The molecule has 0 saturated carbocycles. The maximum atomic E-state index is 8.72. The van der Waals surface area contributed by atoms with Crippen molar-refractivity contribution < 1.29 is 9.94 Å². The fraction of sp³-hybridized carbons (Fsp3) is 0.154. The van der Waals surface area contributed by atoms with E-state index in [9.17, 15) is 0 Å². The van der Waals surface area contributed by atoms with Crippen molar-refractivity contribution in [3.05, 3.63) is 47.2 Å². The summed E-state index contributed by atoms with van der Waals surface area (Å²) in [5.41, 5.74) is 8.21. The molecule has 0 unspecified atom stereocenters. The van der Waals surface area contributed by atoms with Gasteiger partial charge in [-0.15, -0.1) is 5.10 Å². The number of nitrogens with two attached hydrogens (primary N) is 1. The average molecular weight is 258 g/mol. The van der Waals surface area contributed by atoms with Gasteiger partial charge in [0, 0.05) is 0 Å². The monoisotopic (exact) mass is 258 g/mol. The minimum absolute atomic E-state index is 0.0752. The van der Waals surface area contributed by atoms with Crippen LogP contribution in [0.1, 0.15) is 16.7 Å². The predicted molar refractivity (Wildman–Crippen MR) is 70.5 cm³/mol. The minimum Gasteiger partial charge on any atom is -0.437 e. The first-order valence-corrected chi connectivity index (χ1v) is 5.66. The van der Waals surface area contributed by atoms with Crippen LogP contribution in [0.15, 0.2) is 35.6 Å². The smallest absolute Gasteiger partial charge is 0.250 e. The van der Waals surface area contributed by atoms with Crippen molar-refractivity contribution in [2.24, 2.45) is 10.9 Å². The van der Waals surface area contributed by atoms with Crippen molar-refractivity contribution in [1.29, 1.82) is 0 Å². The van der Waals surface area contributed by atoms with Gasteiger partial charge in [0.25, 0.3) is 0 Å². The fourth-order valence-electron chi connectivity index (χ4n) is 1.53. The Kier molecular flexibility index (Phi) is 3.61. The zero-order valence-corrected chi connectivity index (χ0v) is 10.7. The van der Waals surface area contributed by atoms with E-state index in [1.54, 1.807) is 6.07 Å². The van der Waals surface area contributed by atoms with Crippen molar-refractivity contribution in [3.63, 3.8) is 0 Å². The molecule has 3 N–H and O–H groups in total. The van der Waals surface area contributed by atoms with E-state index in [0.717, 1.165) is 5.56 Å². The molecule has 0 amide bonds. The summed E-state index contributed by atoms with van der Waals surface area (Å²) < 4.78 is 5.62. The Morgan fingerprint density at radius 2 is 2.05 bits per heavy atom.